The van der Waals surface area contributed by atoms with E-state index in [4.69, 9.17) is 10.5 Å². The van der Waals surface area contributed by atoms with Gasteiger partial charge in [-0.05, 0) is 19.9 Å². The Morgan fingerprint density at radius 2 is 2.19 bits per heavy atom. The highest BCUT2D eigenvalue weighted by atomic mass is 16.6. The minimum atomic E-state index is -1.58. The van der Waals surface area contributed by atoms with Gasteiger partial charge in [0, 0.05) is 6.20 Å². The fraction of sp³-hybridized carbons (Fsp3) is 0.538. The minimum absolute atomic E-state index is 0.323. The Kier molecular flexibility index (Phi) is 3.14. The maximum absolute atomic E-state index is 10.6. The first kappa shape index (κ1) is 14.2. The number of rotatable bonds is 2. The molecule has 1 aliphatic heterocycles. The largest absolute Gasteiger partial charge is 0.391 e. The predicted molar refractivity (Wildman–Crippen MR) is 74.2 cm³/mol. The van der Waals surface area contributed by atoms with E-state index in [0.29, 0.717) is 16.9 Å². The zero-order valence-electron chi connectivity index (χ0n) is 11.7. The average Bonchev–Trinajstić information content (AvgIpc) is 2.92. The van der Waals surface area contributed by atoms with E-state index in [9.17, 15) is 15.3 Å². The lowest BCUT2D eigenvalue weighted by atomic mass is 9.94. The lowest BCUT2D eigenvalue weighted by Crippen LogP contribution is -2.45. The summed E-state index contributed by atoms with van der Waals surface area (Å²) in [6.07, 6.45) is -0.940. The number of anilines is 1. The number of aromatic nitrogens is 3. The molecule has 8 heteroatoms. The molecule has 114 valence electrons. The van der Waals surface area contributed by atoms with Crippen molar-refractivity contribution in [3.63, 3.8) is 0 Å². The van der Waals surface area contributed by atoms with Crippen LogP contribution >= 0.6 is 0 Å². The van der Waals surface area contributed by atoms with Crippen molar-refractivity contribution in [3.8, 4) is 0 Å². The molecule has 1 aliphatic rings. The van der Waals surface area contributed by atoms with Crippen LogP contribution in [-0.2, 0) is 4.74 Å². The molecule has 0 aliphatic carbocycles. The van der Waals surface area contributed by atoms with Gasteiger partial charge in [0.25, 0.3) is 0 Å². The summed E-state index contributed by atoms with van der Waals surface area (Å²) in [5, 5.41) is 31.0. The third-order valence-electron chi connectivity index (χ3n) is 3.96. The monoisotopic (exact) mass is 294 g/mol. The number of fused-ring (bicyclic) bond motifs is 1. The van der Waals surface area contributed by atoms with Crippen LogP contribution < -0.4 is 5.73 Å². The number of nitrogens with two attached hydrogens (primary N) is 1. The highest BCUT2D eigenvalue weighted by Gasteiger charge is 2.54. The first-order valence-electron chi connectivity index (χ1n) is 6.65. The number of aliphatic hydroxyl groups is 3. The van der Waals surface area contributed by atoms with Gasteiger partial charge in [-0.15, -0.1) is 0 Å². The van der Waals surface area contributed by atoms with Crippen LogP contribution in [0.2, 0.25) is 0 Å². The average molecular weight is 294 g/mol. The van der Waals surface area contributed by atoms with Gasteiger partial charge in [-0.25, -0.2) is 9.97 Å². The fourth-order valence-electron chi connectivity index (χ4n) is 2.74. The van der Waals surface area contributed by atoms with Gasteiger partial charge in [0.2, 0.25) is 0 Å². The second kappa shape index (κ2) is 4.63. The first-order valence-corrected chi connectivity index (χ1v) is 6.65. The molecule has 2 aromatic heterocycles. The molecule has 21 heavy (non-hydrogen) atoms. The van der Waals surface area contributed by atoms with Crippen LogP contribution in [0.4, 0.5) is 5.82 Å². The summed E-state index contributed by atoms with van der Waals surface area (Å²) in [6, 6.07) is 1.71. The van der Waals surface area contributed by atoms with Crippen molar-refractivity contribution in [2.75, 3.05) is 5.73 Å². The van der Waals surface area contributed by atoms with Crippen LogP contribution in [0, 0.1) is 0 Å². The molecule has 5 N–H and O–H groups in total. The molecule has 8 nitrogen and oxygen atoms in total. The summed E-state index contributed by atoms with van der Waals surface area (Å²) in [4.78, 5) is 8.05. The third-order valence-corrected chi connectivity index (χ3v) is 3.96. The van der Waals surface area contributed by atoms with Crippen molar-refractivity contribution >= 4 is 16.9 Å². The topological polar surface area (TPSA) is 127 Å². The predicted octanol–water partition coefficient (Wildman–Crippen LogP) is -0.596. The van der Waals surface area contributed by atoms with Crippen molar-refractivity contribution in [2.45, 2.75) is 44.0 Å². The molecular weight excluding hydrogens is 276 g/mol. The molecule has 1 unspecified atom stereocenters. The highest BCUT2D eigenvalue weighted by molar-refractivity contribution is 5.86. The van der Waals surface area contributed by atoms with E-state index in [1.54, 1.807) is 16.8 Å². The number of hydrogen-bond acceptors (Lipinski definition) is 7. The molecule has 0 aromatic carbocycles. The Morgan fingerprint density at radius 1 is 1.48 bits per heavy atom. The summed E-state index contributed by atoms with van der Waals surface area (Å²) in [5.74, 6) is 0.323. The van der Waals surface area contributed by atoms with E-state index in [1.807, 2.05) is 0 Å². The second-order valence-corrected chi connectivity index (χ2v) is 5.58. The molecule has 3 heterocycles. The van der Waals surface area contributed by atoms with Crippen molar-refractivity contribution in [1.82, 2.24) is 14.5 Å². The molecule has 3 rings (SSSR count). The van der Waals surface area contributed by atoms with Crippen LogP contribution in [0.3, 0.4) is 0 Å². The second-order valence-electron chi connectivity index (χ2n) is 5.58. The summed E-state index contributed by atoms with van der Waals surface area (Å²) in [6.45, 7) is 2.96. The van der Waals surface area contributed by atoms with Gasteiger partial charge < -0.3 is 30.4 Å². The number of hydrogen-bond donors (Lipinski definition) is 4. The van der Waals surface area contributed by atoms with Crippen molar-refractivity contribution in [2.24, 2.45) is 0 Å². The van der Waals surface area contributed by atoms with Gasteiger partial charge in [0.15, 0.2) is 6.23 Å². The number of ether oxygens (including phenoxy) is 1. The van der Waals surface area contributed by atoms with Crippen LogP contribution in [0.5, 0.6) is 0 Å². The molecule has 0 saturated carbocycles. The van der Waals surface area contributed by atoms with Gasteiger partial charge in [-0.2, -0.15) is 0 Å². The van der Waals surface area contributed by atoms with E-state index in [-0.39, 0.29) is 0 Å². The van der Waals surface area contributed by atoms with E-state index >= 15 is 0 Å². The van der Waals surface area contributed by atoms with E-state index in [0.717, 1.165) is 0 Å². The molecule has 0 spiro atoms. The molecule has 1 saturated heterocycles. The molecule has 0 bridgehead atoms. The van der Waals surface area contributed by atoms with Gasteiger partial charge >= 0.3 is 0 Å². The molecular formula is C13H18N4O4. The Labute approximate surface area is 120 Å². The number of nitrogens with zero attached hydrogens (tertiary/aromatic N) is 3. The number of nitrogen functional groups attached to an aromatic ring is 1. The van der Waals surface area contributed by atoms with Crippen LogP contribution in [-0.4, -0.2) is 53.8 Å². The lowest BCUT2D eigenvalue weighted by Gasteiger charge is -2.27. The summed E-state index contributed by atoms with van der Waals surface area (Å²) < 4.78 is 7.24. The van der Waals surface area contributed by atoms with E-state index < -0.39 is 30.1 Å². The quantitative estimate of drug-likeness (QED) is 0.582. The Bertz CT molecular complexity index is 669. The molecule has 5 atom stereocenters. The van der Waals surface area contributed by atoms with Gasteiger partial charge in [0.05, 0.1) is 11.5 Å². The summed E-state index contributed by atoms with van der Waals surface area (Å²) in [7, 11) is 0. The van der Waals surface area contributed by atoms with Crippen LogP contribution in [0.15, 0.2) is 18.6 Å². The fourth-order valence-corrected chi connectivity index (χ4v) is 2.74. The van der Waals surface area contributed by atoms with E-state index in [2.05, 4.69) is 9.97 Å². The number of aliphatic hydroxyl groups excluding tert-OH is 2. The smallest absolute Gasteiger partial charge is 0.167 e. The Balaban J connectivity index is 2.08. The maximum atomic E-state index is 10.6. The lowest BCUT2D eigenvalue weighted by molar-refractivity contribution is -0.0985. The normalized spacial score (nSPS) is 34.4. The third kappa shape index (κ3) is 1.99. The van der Waals surface area contributed by atoms with Crippen molar-refractivity contribution < 1.29 is 20.1 Å². The maximum Gasteiger partial charge on any atom is 0.167 e. The highest BCUT2D eigenvalue weighted by Crippen LogP contribution is 2.40. The van der Waals surface area contributed by atoms with Gasteiger partial charge in [-0.3, -0.25) is 0 Å². The Morgan fingerprint density at radius 3 is 2.81 bits per heavy atom. The van der Waals surface area contributed by atoms with E-state index in [1.165, 1.54) is 20.2 Å². The molecule has 0 radical (unpaired) electrons. The van der Waals surface area contributed by atoms with Crippen molar-refractivity contribution in [1.29, 1.82) is 0 Å². The summed E-state index contributed by atoms with van der Waals surface area (Å²) in [5.41, 5.74) is 4.70. The molecule has 2 aromatic rings. The zero-order chi connectivity index (χ0) is 15.4. The van der Waals surface area contributed by atoms with Crippen LogP contribution in [0.25, 0.3) is 11.0 Å². The van der Waals surface area contributed by atoms with Gasteiger partial charge in [0.1, 0.15) is 35.6 Å². The zero-order valence-corrected chi connectivity index (χ0v) is 11.7. The molecule has 1 fully saturated rings. The molecule has 0 amide bonds. The summed E-state index contributed by atoms with van der Waals surface area (Å²) >= 11 is 0. The SMILES string of the molecule is CC(O)[C@H]1O[C@@H](n2ccc3c(N)ncnc32)[C@](C)(O)[C@@H]1O. The minimum Gasteiger partial charge on any atom is -0.391 e. The van der Waals surface area contributed by atoms with Crippen LogP contribution in [0.1, 0.15) is 20.1 Å². The van der Waals surface area contributed by atoms with Crippen molar-refractivity contribution in [3.05, 3.63) is 18.6 Å². The Hall–Kier alpha value is -1.74. The van der Waals surface area contributed by atoms with Gasteiger partial charge in [-0.1, -0.05) is 0 Å². The standard InChI is InChI=1S/C13H18N4O4/c1-6(18)8-9(19)13(2,20)12(21-8)17-4-3-7-10(14)15-5-16-11(7)17/h3-6,8-9,12,18-20H,1-2H3,(H2,14,15,16)/t6?,8-,9-,12-,13-/m1/s1. The first-order chi connectivity index (χ1) is 9.84.